The van der Waals surface area contributed by atoms with Gasteiger partial charge < -0.3 is 5.32 Å². The van der Waals surface area contributed by atoms with E-state index >= 15 is 0 Å². The van der Waals surface area contributed by atoms with Gasteiger partial charge in [-0.05, 0) is 49.7 Å². The lowest BCUT2D eigenvalue weighted by atomic mass is 10.1. The maximum atomic E-state index is 13.2. The normalized spacial score (nSPS) is 14.4. The van der Waals surface area contributed by atoms with Crippen molar-refractivity contribution >= 4 is 43.1 Å². The molecular formula is C20H22ClF3N2O5S2. The molecule has 0 radical (unpaired) electrons. The molecule has 1 N–H and O–H groups in total. The molecule has 0 heterocycles. The van der Waals surface area contributed by atoms with E-state index in [1.807, 2.05) is 0 Å². The predicted octanol–water partition coefficient (Wildman–Crippen LogP) is 3.79. The monoisotopic (exact) mass is 526 g/mol. The molecule has 2 rings (SSSR count). The second-order valence-electron chi connectivity index (χ2n) is 7.47. The third-order valence-corrected chi connectivity index (χ3v) is 7.47. The van der Waals surface area contributed by atoms with Crippen LogP contribution in [0.15, 0.2) is 47.4 Å². The van der Waals surface area contributed by atoms with Crippen LogP contribution in [-0.2, 0) is 30.8 Å². The summed E-state index contributed by atoms with van der Waals surface area (Å²) in [4.78, 5) is 12.9. The highest BCUT2D eigenvalue weighted by Gasteiger charge is 2.36. The first-order valence-electron chi connectivity index (χ1n) is 9.39. The lowest BCUT2D eigenvalue weighted by Gasteiger charge is -2.30. The Balaban J connectivity index is 2.33. The topological polar surface area (TPSA) is 101 Å². The number of halogens is 4. The van der Waals surface area contributed by atoms with Crippen molar-refractivity contribution in [2.24, 2.45) is 0 Å². The van der Waals surface area contributed by atoms with E-state index in [-0.39, 0.29) is 10.6 Å². The molecule has 182 valence electrons. The summed E-state index contributed by atoms with van der Waals surface area (Å²) in [5.74, 6) is -0.774. The molecule has 0 spiro atoms. The second-order valence-corrected chi connectivity index (χ2v) is 11.8. The van der Waals surface area contributed by atoms with Gasteiger partial charge in [0.15, 0.2) is 9.84 Å². The number of carbonyl (C=O) groups is 1. The van der Waals surface area contributed by atoms with Gasteiger partial charge in [-0.25, -0.2) is 16.8 Å². The summed E-state index contributed by atoms with van der Waals surface area (Å²) >= 11 is 5.61. The minimum absolute atomic E-state index is 0.0876. The van der Waals surface area contributed by atoms with Gasteiger partial charge in [0.2, 0.25) is 15.9 Å². The first-order chi connectivity index (χ1) is 14.9. The highest BCUT2D eigenvalue weighted by Crippen LogP contribution is 2.37. The molecule has 2 aromatic carbocycles. The van der Waals surface area contributed by atoms with Gasteiger partial charge in [0.25, 0.3) is 0 Å². The molecule has 13 heteroatoms. The van der Waals surface area contributed by atoms with Crippen molar-refractivity contribution in [2.45, 2.75) is 37.0 Å². The zero-order valence-electron chi connectivity index (χ0n) is 18.0. The fourth-order valence-corrected chi connectivity index (χ4v) is 5.12. The first kappa shape index (κ1) is 26.9. The van der Waals surface area contributed by atoms with E-state index in [1.165, 1.54) is 31.2 Å². The van der Waals surface area contributed by atoms with Crippen LogP contribution >= 0.6 is 11.6 Å². The minimum atomic E-state index is -4.82. The number of hydrogen-bond donors (Lipinski definition) is 1. The molecule has 0 aliphatic heterocycles. The summed E-state index contributed by atoms with van der Waals surface area (Å²) in [6, 6.07) is 6.23. The number of amides is 1. The molecule has 0 saturated heterocycles. The van der Waals surface area contributed by atoms with Crippen LogP contribution in [0.2, 0.25) is 5.02 Å². The number of nitrogens with one attached hydrogen (secondary N) is 1. The van der Waals surface area contributed by atoms with Crippen molar-refractivity contribution in [2.75, 3.05) is 16.8 Å². The number of sulfonamides is 1. The van der Waals surface area contributed by atoms with Crippen LogP contribution in [0.1, 0.15) is 31.0 Å². The van der Waals surface area contributed by atoms with Crippen LogP contribution in [0.3, 0.4) is 0 Å². The molecule has 0 saturated carbocycles. The van der Waals surface area contributed by atoms with Crippen LogP contribution in [-0.4, -0.2) is 41.3 Å². The molecule has 2 atom stereocenters. The lowest BCUT2D eigenvalue weighted by molar-refractivity contribution is -0.137. The Morgan fingerprint density at radius 2 is 1.55 bits per heavy atom. The van der Waals surface area contributed by atoms with Gasteiger partial charge in [0, 0.05) is 6.26 Å². The number of sulfone groups is 1. The molecule has 0 aliphatic carbocycles. The lowest BCUT2D eigenvalue weighted by Crippen LogP contribution is -2.48. The molecule has 7 nitrogen and oxygen atoms in total. The standard InChI is InChI=1S/C20H22ClF3N2O5S2/c1-12(14-5-8-16(9-6-14)32(3,28)29)25-19(27)13(2)26(33(4,30)31)15-7-10-18(21)17(11-15)20(22,23)24/h5-13H,1-4H3,(H,25,27)/t12-,13-/m1/s1. The van der Waals surface area contributed by atoms with Crippen molar-refractivity contribution in [3.63, 3.8) is 0 Å². The second kappa shape index (κ2) is 9.51. The third kappa shape index (κ3) is 6.61. The highest BCUT2D eigenvalue weighted by atomic mass is 35.5. The number of rotatable bonds is 7. The minimum Gasteiger partial charge on any atom is -0.348 e. The van der Waals surface area contributed by atoms with Gasteiger partial charge >= 0.3 is 6.18 Å². The van der Waals surface area contributed by atoms with E-state index in [0.29, 0.717) is 15.9 Å². The van der Waals surface area contributed by atoms with Gasteiger partial charge in [0.05, 0.1) is 33.5 Å². The Kier molecular flexibility index (Phi) is 7.76. The van der Waals surface area contributed by atoms with E-state index in [1.54, 1.807) is 6.92 Å². The van der Waals surface area contributed by atoms with Gasteiger partial charge in [-0.2, -0.15) is 13.2 Å². The summed E-state index contributed by atoms with van der Waals surface area (Å²) in [7, 11) is -7.57. The van der Waals surface area contributed by atoms with E-state index in [4.69, 9.17) is 11.6 Å². The van der Waals surface area contributed by atoms with Crippen molar-refractivity contribution in [3.8, 4) is 0 Å². The van der Waals surface area contributed by atoms with Crippen molar-refractivity contribution in [1.82, 2.24) is 5.32 Å². The zero-order chi connectivity index (χ0) is 25.4. The number of nitrogens with zero attached hydrogens (tertiary/aromatic N) is 1. The van der Waals surface area contributed by atoms with Gasteiger partial charge in [0.1, 0.15) is 6.04 Å². The molecule has 1 amide bonds. The van der Waals surface area contributed by atoms with E-state index in [0.717, 1.165) is 24.6 Å². The average molecular weight is 527 g/mol. The molecule has 0 fully saturated rings. The Hall–Kier alpha value is -2.31. The predicted molar refractivity (Wildman–Crippen MR) is 119 cm³/mol. The summed E-state index contributed by atoms with van der Waals surface area (Å²) in [5.41, 5.74) is -1.07. The van der Waals surface area contributed by atoms with Crippen molar-refractivity contribution in [1.29, 1.82) is 0 Å². The SMILES string of the molecule is C[C@H](C(=O)N[C@H](C)c1ccc(S(C)(=O)=O)cc1)N(c1ccc(Cl)c(C(F)(F)F)c1)S(C)(=O)=O. The first-order valence-corrected chi connectivity index (χ1v) is 13.5. The van der Waals surface area contributed by atoms with Crippen LogP contribution in [0.4, 0.5) is 18.9 Å². The smallest absolute Gasteiger partial charge is 0.348 e. The Labute approximate surface area is 195 Å². The highest BCUT2D eigenvalue weighted by molar-refractivity contribution is 7.92. The number of carbonyl (C=O) groups excluding carboxylic acids is 1. The molecule has 2 aromatic rings. The third-order valence-electron chi connectivity index (χ3n) is 4.77. The molecular weight excluding hydrogens is 505 g/mol. The maximum Gasteiger partial charge on any atom is 0.417 e. The van der Waals surface area contributed by atoms with Crippen molar-refractivity contribution < 1.29 is 34.8 Å². The summed E-state index contributed by atoms with van der Waals surface area (Å²) in [5, 5.41) is 1.98. The van der Waals surface area contributed by atoms with E-state index in [9.17, 15) is 34.8 Å². The molecule has 0 aromatic heterocycles. The van der Waals surface area contributed by atoms with Crippen LogP contribution in [0.25, 0.3) is 0 Å². The molecule has 0 bridgehead atoms. The van der Waals surface area contributed by atoms with Gasteiger partial charge in [-0.15, -0.1) is 0 Å². The Bertz CT molecular complexity index is 1250. The quantitative estimate of drug-likeness (QED) is 0.591. The van der Waals surface area contributed by atoms with Crippen LogP contribution in [0, 0.1) is 0 Å². The number of alkyl halides is 3. The number of hydrogen-bond acceptors (Lipinski definition) is 5. The van der Waals surface area contributed by atoms with E-state index < -0.39 is 54.6 Å². The van der Waals surface area contributed by atoms with Gasteiger partial charge in [-0.3, -0.25) is 9.10 Å². The van der Waals surface area contributed by atoms with Crippen LogP contribution < -0.4 is 9.62 Å². The number of anilines is 1. The molecule has 0 unspecified atom stereocenters. The van der Waals surface area contributed by atoms with E-state index in [2.05, 4.69) is 5.32 Å². The molecule has 33 heavy (non-hydrogen) atoms. The van der Waals surface area contributed by atoms with Gasteiger partial charge in [-0.1, -0.05) is 23.7 Å². The number of benzene rings is 2. The fourth-order valence-electron chi connectivity index (χ4n) is 3.10. The zero-order valence-corrected chi connectivity index (χ0v) is 20.4. The van der Waals surface area contributed by atoms with Crippen LogP contribution in [0.5, 0.6) is 0 Å². The summed E-state index contributed by atoms with van der Waals surface area (Å²) in [6.45, 7) is 2.83. The molecule has 0 aliphatic rings. The summed E-state index contributed by atoms with van der Waals surface area (Å²) < 4.78 is 88.2. The largest absolute Gasteiger partial charge is 0.417 e. The summed E-state index contributed by atoms with van der Waals surface area (Å²) in [6.07, 6.45) is -3.00. The fraction of sp³-hybridized carbons (Fsp3) is 0.350. The average Bonchev–Trinajstić information content (AvgIpc) is 2.66. The maximum absolute atomic E-state index is 13.2. The Morgan fingerprint density at radius 1 is 1.00 bits per heavy atom. The Morgan fingerprint density at radius 3 is 2.00 bits per heavy atom. The van der Waals surface area contributed by atoms with Crippen molar-refractivity contribution in [3.05, 3.63) is 58.6 Å².